The van der Waals surface area contributed by atoms with Crippen LogP contribution in [0.5, 0.6) is 0 Å². The number of hydrogen-bond donors (Lipinski definition) is 1. The van der Waals surface area contributed by atoms with Crippen LogP contribution in [0.4, 0.5) is 5.69 Å². The summed E-state index contributed by atoms with van der Waals surface area (Å²) in [6.07, 6.45) is 0. The van der Waals surface area contributed by atoms with Crippen LogP contribution in [0.15, 0.2) is 30.3 Å². The summed E-state index contributed by atoms with van der Waals surface area (Å²) < 4.78 is 0. The molecule has 0 saturated carbocycles. The van der Waals surface area contributed by atoms with E-state index in [9.17, 15) is 0 Å². The van der Waals surface area contributed by atoms with Gasteiger partial charge in [0.25, 0.3) is 0 Å². The van der Waals surface area contributed by atoms with Gasteiger partial charge < -0.3 is 5.32 Å². The number of benzene rings is 1. The molecule has 0 fully saturated rings. The topological polar surface area (TPSA) is 12.0 Å². The molecule has 0 amide bonds. The zero-order valence-electron chi connectivity index (χ0n) is 7.90. The van der Waals surface area contributed by atoms with Gasteiger partial charge in [0, 0.05) is 143 Å². The molecule has 1 nitrogen and oxygen atoms in total. The summed E-state index contributed by atoms with van der Waals surface area (Å²) in [5.74, 6) is 0. The predicted octanol–water partition coefficient (Wildman–Crippen LogP) is 2.11. The Morgan fingerprint density at radius 3 is 1.77 bits per heavy atom. The largest absolute Gasteiger partial charge is 0.385 e. The second-order valence-corrected chi connectivity index (χ2v) is 1.90. The van der Waals surface area contributed by atoms with Gasteiger partial charge in [0.2, 0.25) is 0 Å². The average molecular weight is 477 g/mol. The van der Waals surface area contributed by atoms with Gasteiger partial charge in [0.15, 0.2) is 0 Å². The van der Waals surface area contributed by atoms with Crippen LogP contribution in [0.25, 0.3) is 0 Å². The Morgan fingerprint density at radius 1 is 0.923 bits per heavy atom. The first-order valence-corrected chi connectivity index (χ1v) is 3.22. The normalized spacial score (nSPS) is 6.23. The minimum Gasteiger partial charge on any atom is -0.385 e. The van der Waals surface area contributed by atoms with E-state index in [4.69, 9.17) is 0 Å². The maximum absolute atomic E-state index is 3.21. The van der Waals surface area contributed by atoms with Crippen molar-refractivity contribution in [3.05, 3.63) is 30.3 Å². The summed E-state index contributed by atoms with van der Waals surface area (Å²) in [4.78, 5) is 0. The molecule has 0 heterocycles. The molecule has 0 spiro atoms. The fourth-order valence-electron chi connectivity index (χ4n) is 0.760. The van der Waals surface area contributed by atoms with Gasteiger partial charge in [-0.1, -0.05) is 18.2 Å². The van der Waals surface area contributed by atoms with E-state index in [0.717, 1.165) is 6.54 Å². The molecular weight excluding hydrogens is 466 g/mol. The van der Waals surface area contributed by atoms with Crippen LogP contribution < -0.4 is 5.32 Å². The molecule has 4 radical (unpaired) electrons. The fraction of sp³-hybridized carbons (Fsp3) is 0.250. The number of anilines is 1. The second-order valence-electron chi connectivity index (χ2n) is 1.90. The summed E-state index contributed by atoms with van der Waals surface area (Å²) >= 11 is 0. The van der Waals surface area contributed by atoms with Crippen molar-refractivity contribution >= 4 is 5.69 Å². The standard InChI is InChI=1S/C8H11N.4Y/c1-2-9-8-6-4-3-5-7-8;;;;/h3-7,9H,2H2,1H3;;;;. The zero-order valence-corrected chi connectivity index (χ0v) is 19.3. The van der Waals surface area contributed by atoms with Gasteiger partial charge in [0.1, 0.15) is 0 Å². The molecule has 0 bridgehead atoms. The molecule has 1 rings (SSSR count). The molecule has 0 unspecified atom stereocenters. The van der Waals surface area contributed by atoms with Crippen molar-refractivity contribution < 1.29 is 131 Å². The summed E-state index contributed by atoms with van der Waals surface area (Å²) in [7, 11) is 0. The quantitative estimate of drug-likeness (QED) is 0.689. The average Bonchev–Trinajstić information content (AvgIpc) is 1.91. The van der Waals surface area contributed by atoms with Gasteiger partial charge in [-0.3, -0.25) is 0 Å². The van der Waals surface area contributed by atoms with Crippen molar-refractivity contribution in [3.8, 4) is 0 Å². The minimum absolute atomic E-state index is 0. The minimum atomic E-state index is 0. The SMILES string of the molecule is CCNc1ccccc1.[Y].[Y].[Y].[Y]. The van der Waals surface area contributed by atoms with E-state index < -0.39 is 0 Å². The van der Waals surface area contributed by atoms with E-state index in [2.05, 4.69) is 24.4 Å². The molecule has 1 aromatic carbocycles. The van der Waals surface area contributed by atoms with Crippen LogP contribution in [0.1, 0.15) is 6.92 Å². The molecule has 0 aromatic heterocycles. The Labute approximate surface area is 181 Å². The Morgan fingerprint density at radius 2 is 1.38 bits per heavy atom. The third kappa shape index (κ3) is 13.4. The van der Waals surface area contributed by atoms with Gasteiger partial charge in [-0.2, -0.15) is 0 Å². The third-order valence-corrected chi connectivity index (χ3v) is 1.15. The van der Waals surface area contributed by atoms with E-state index >= 15 is 0 Å². The third-order valence-electron chi connectivity index (χ3n) is 1.15. The molecule has 1 N–H and O–H groups in total. The molecular formula is C8H11NY4. The van der Waals surface area contributed by atoms with Crippen molar-refractivity contribution in [1.29, 1.82) is 0 Å². The van der Waals surface area contributed by atoms with Crippen LogP contribution in [0.3, 0.4) is 0 Å². The summed E-state index contributed by atoms with van der Waals surface area (Å²) in [6.45, 7) is 3.08. The first kappa shape index (κ1) is 25.3. The Balaban J connectivity index is -0.000000101. The van der Waals surface area contributed by atoms with Crippen LogP contribution in [-0.4, -0.2) is 6.54 Å². The van der Waals surface area contributed by atoms with E-state index in [0.29, 0.717) is 0 Å². The molecule has 0 atom stereocenters. The van der Waals surface area contributed by atoms with E-state index in [1.54, 1.807) is 0 Å². The zero-order chi connectivity index (χ0) is 6.53. The van der Waals surface area contributed by atoms with Crippen LogP contribution in [0.2, 0.25) is 0 Å². The number of hydrogen-bond acceptors (Lipinski definition) is 1. The maximum Gasteiger partial charge on any atom is 0.0340 e. The molecule has 0 aliphatic heterocycles. The molecule has 60 valence electrons. The van der Waals surface area contributed by atoms with E-state index in [1.165, 1.54) is 5.69 Å². The molecule has 0 saturated heterocycles. The summed E-state index contributed by atoms with van der Waals surface area (Å²) in [6, 6.07) is 10.2. The van der Waals surface area contributed by atoms with Gasteiger partial charge >= 0.3 is 0 Å². The fourth-order valence-corrected chi connectivity index (χ4v) is 0.760. The van der Waals surface area contributed by atoms with Crippen molar-refractivity contribution in [2.75, 3.05) is 11.9 Å². The Hall–Kier alpha value is 3.44. The van der Waals surface area contributed by atoms with Gasteiger partial charge in [0.05, 0.1) is 0 Å². The number of para-hydroxylation sites is 1. The smallest absolute Gasteiger partial charge is 0.0340 e. The van der Waals surface area contributed by atoms with Crippen LogP contribution >= 0.6 is 0 Å². The molecule has 5 heteroatoms. The number of rotatable bonds is 2. The maximum atomic E-state index is 3.21. The van der Waals surface area contributed by atoms with E-state index in [-0.39, 0.29) is 131 Å². The van der Waals surface area contributed by atoms with Crippen LogP contribution in [-0.2, 0) is 131 Å². The van der Waals surface area contributed by atoms with Crippen molar-refractivity contribution in [2.24, 2.45) is 0 Å². The molecule has 1 aromatic rings. The summed E-state index contributed by atoms with van der Waals surface area (Å²) in [5, 5.41) is 3.21. The predicted molar refractivity (Wildman–Crippen MR) is 40.6 cm³/mol. The van der Waals surface area contributed by atoms with Gasteiger partial charge in [-0.15, -0.1) is 0 Å². The molecule has 0 aliphatic carbocycles. The molecule has 13 heavy (non-hydrogen) atoms. The van der Waals surface area contributed by atoms with Gasteiger partial charge in [-0.05, 0) is 19.1 Å². The monoisotopic (exact) mass is 477 g/mol. The first-order valence-electron chi connectivity index (χ1n) is 3.22. The first-order chi connectivity index (χ1) is 4.43. The van der Waals surface area contributed by atoms with Crippen molar-refractivity contribution in [2.45, 2.75) is 6.92 Å². The Bertz CT molecular complexity index is 169. The second kappa shape index (κ2) is 17.8. The summed E-state index contributed by atoms with van der Waals surface area (Å²) in [5.41, 5.74) is 1.19. The van der Waals surface area contributed by atoms with E-state index in [1.807, 2.05) is 18.2 Å². The van der Waals surface area contributed by atoms with Crippen LogP contribution in [0, 0.1) is 0 Å². The van der Waals surface area contributed by atoms with Gasteiger partial charge in [-0.25, -0.2) is 0 Å². The number of nitrogens with one attached hydrogen (secondary N) is 1. The Kier molecular flexibility index (Phi) is 34.7. The molecule has 0 aliphatic rings. The van der Waals surface area contributed by atoms with Crippen molar-refractivity contribution in [3.63, 3.8) is 0 Å². The van der Waals surface area contributed by atoms with Crippen molar-refractivity contribution in [1.82, 2.24) is 0 Å².